The summed E-state index contributed by atoms with van der Waals surface area (Å²) in [7, 11) is -4.48. The third kappa shape index (κ3) is 3.47. The van der Waals surface area contributed by atoms with Crippen LogP contribution in [-0.2, 0) is 10.1 Å². The van der Waals surface area contributed by atoms with Crippen LogP contribution in [0.15, 0.2) is 23.1 Å². The normalized spacial score (nSPS) is 10.5. The maximum atomic E-state index is 10.7. The van der Waals surface area contributed by atoms with Gasteiger partial charge in [0.05, 0.1) is 11.3 Å². The minimum absolute atomic E-state index is 0. The molecule has 0 aliphatic rings. The van der Waals surface area contributed by atoms with Crippen LogP contribution in [0.3, 0.4) is 0 Å². The van der Waals surface area contributed by atoms with Gasteiger partial charge < -0.3 is 10.8 Å². The Balaban J connectivity index is 0.00000196. The Hall–Kier alpha value is -0.600. The van der Waals surface area contributed by atoms with E-state index in [1.807, 2.05) is 0 Å². The molecule has 0 saturated heterocycles. The molecule has 0 spiro atoms. The van der Waals surface area contributed by atoms with E-state index in [0.717, 1.165) is 18.2 Å². The fourth-order valence-corrected chi connectivity index (χ4v) is 1.53. The van der Waals surface area contributed by atoms with E-state index in [1.165, 1.54) is 0 Å². The van der Waals surface area contributed by atoms with Gasteiger partial charge >= 0.3 is 35.5 Å². The number of hydrogen-bond donors (Lipinski definition) is 3. The quantitative estimate of drug-likeness (QED) is 0.367. The number of aromatic carboxylic acids is 1. The molecule has 0 fully saturated rings. The summed E-state index contributed by atoms with van der Waals surface area (Å²) in [6.45, 7) is 0. The fourth-order valence-electron chi connectivity index (χ4n) is 0.891. The van der Waals surface area contributed by atoms with Crippen LogP contribution in [0.5, 0.6) is 0 Å². The Kier molecular flexibility index (Phi) is 4.75. The first-order valence-electron chi connectivity index (χ1n) is 3.42. The zero-order valence-corrected chi connectivity index (χ0v) is 7.65. The molecule has 4 N–H and O–H groups in total. The number of nitrogen functional groups attached to an aromatic ring is 1. The van der Waals surface area contributed by atoms with E-state index in [-0.39, 0.29) is 40.8 Å². The zero-order valence-electron chi connectivity index (χ0n) is 6.84. The average Bonchev–Trinajstić information content (AvgIpc) is 2.02. The molecule has 0 aromatic heterocycles. The molecule has 1 aromatic carbocycles. The van der Waals surface area contributed by atoms with Gasteiger partial charge in [-0.25, -0.2) is 4.79 Å². The van der Waals surface area contributed by atoms with Crippen molar-refractivity contribution >= 4 is 51.3 Å². The number of carboxylic acid groups (broad SMARTS) is 1. The van der Waals surface area contributed by atoms with Gasteiger partial charge in [-0.2, -0.15) is 8.42 Å². The second-order valence-corrected chi connectivity index (χ2v) is 3.92. The molecule has 0 heterocycles. The molecular formula is C7H8NNaO5S. The van der Waals surface area contributed by atoms with Crippen LogP contribution in [0.4, 0.5) is 5.69 Å². The summed E-state index contributed by atoms with van der Waals surface area (Å²) in [6.07, 6.45) is 0. The molecule has 1 aromatic rings. The molecule has 0 amide bonds. The van der Waals surface area contributed by atoms with E-state index in [4.69, 9.17) is 15.4 Å². The van der Waals surface area contributed by atoms with Crippen LogP contribution >= 0.6 is 0 Å². The monoisotopic (exact) mass is 241 g/mol. The van der Waals surface area contributed by atoms with E-state index in [9.17, 15) is 13.2 Å². The molecule has 0 unspecified atom stereocenters. The van der Waals surface area contributed by atoms with Crippen molar-refractivity contribution in [2.45, 2.75) is 4.90 Å². The standard InChI is InChI=1S/C7H7NO5S.Na.H/c8-5-2-1-4(7(9)10)3-6(5)14(11,12)13;;/h1-3H,8H2,(H,9,10)(H,11,12,13);;. The Labute approximate surface area is 108 Å². The van der Waals surface area contributed by atoms with Gasteiger partial charge in [-0.15, -0.1) is 0 Å². The van der Waals surface area contributed by atoms with Gasteiger partial charge in [-0.05, 0) is 18.2 Å². The summed E-state index contributed by atoms with van der Waals surface area (Å²) >= 11 is 0. The molecule has 0 radical (unpaired) electrons. The molecule has 0 aliphatic carbocycles. The number of carbonyl (C=O) groups is 1. The van der Waals surface area contributed by atoms with E-state index in [1.54, 1.807) is 0 Å². The van der Waals surface area contributed by atoms with Crippen LogP contribution in [0.2, 0.25) is 0 Å². The van der Waals surface area contributed by atoms with Gasteiger partial charge in [-0.1, -0.05) is 0 Å². The summed E-state index contributed by atoms with van der Waals surface area (Å²) in [5, 5.41) is 8.55. The van der Waals surface area contributed by atoms with E-state index < -0.39 is 21.0 Å². The van der Waals surface area contributed by atoms with E-state index >= 15 is 0 Å². The second-order valence-electron chi connectivity index (χ2n) is 2.53. The average molecular weight is 241 g/mol. The molecule has 0 aliphatic heterocycles. The number of anilines is 1. The zero-order chi connectivity index (χ0) is 10.9. The predicted octanol–water partition coefficient (Wildman–Crippen LogP) is -0.435. The van der Waals surface area contributed by atoms with Crippen molar-refractivity contribution in [1.82, 2.24) is 0 Å². The number of hydrogen-bond acceptors (Lipinski definition) is 4. The van der Waals surface area contributed by atoms with Gasteiger partial charge in [-0.3, -0.25) is 4.55 Å². The number of carboxylic acids is 1. The third-order valence-corrected chi connectivity index (χ3v) is 2.45. The second kappa shape index (κ2) is 4.95. The van der Waals surface area contributed by atoms with Crippen LogP contribution < -0.4 is 5.73 Å². The van der Waals surface area contributed by atoms with Gasteiger partial charge in [0.15, 0.2) is 0 Å². The van der Waals surface area contributed by atoms with Crippen LogP contribution in [-0.4, -0.2) is 53.6 Å². The molecule has 0 atom stereocenters. The van der Waals surface area contributed by atoms with Crippen molar-refractivity contribution in [3.05, 3.63) is 23.8 Å². The van der Waals surface area contributed by atoms with Crippen molar-refractivity contribution < 1.29 is 22.9 Å². The van der Waals surface area contributed by atoms with Gasteiger partial charge in [0.1, 0.15) is 4.90 Å². The fraction of sp³-hybridized carbons (Fsp3) is 0. The third-order valence-electron chi connectivity index (χ3n) is 1.54. The van der Waals surface area contributed by atoms with Crippen LogP contribution in [0, 0.1) is 0 Å². The maximum absolute atomic E-state index is 10.7. The van der Waals surface area contributed by atoms with E-state index in [0.29, 0.717) is 0 Å². The van der Waals surface area contributed by atoms with E-state index in [2.05, 4.69) is 0 Å². The first-order valence-corrected chi connectivity index (χ1v) is 4.86. The summed E-state index contributed by atoms with van der Waals surface area (Å²) < 4.78 is 30.1. The van der Waals surface area contributed by atoms with Gasteiger partial charge in [0.2, 0.25) is 0 Å². The molecule has 0 saturated carbocycles. The topological polar surface area (TPSA) is 118 Å². The van der Waals surface area contributed by atoms with Gasteiger partial charge in [0, 0.05) is 0 Å². The predicted molar refractivity (Wildman–Crippen MR) is 54.8 cm³/mol. The Bertz CT molecular complexity index is 484. The van der Waals surface area contributed by atoms with Crippen molar-refractivity contribution in [3.63, 3.8) is 0 Å². The first-order chi connectivity index (χ1) is 6.32. The van der Waals surface area contributed by atoms with Crippen LogP contribution in [0.1, 0.15) is 10.4 Å². The van der Waals surface area contributed by atoms with Gasteiger partial charge in [0.25, 0.3) is 10.1 Å². The molecule has 15 heavy (non-hydrogen) atoms. The number of nitrogens with two attached hydrogens (primary N) is 1. The Morgan fingerprint density at radius 2 is 1.87 bits per heavy atom. The minimum atomic E-state index is -4.48. The molecule has 6 nitrogen and oxygen atoms in total. The number of benzene rings is 1. The van der Waals surface area contributed by atoms with Crippen molar-refractivity contribution in [3.8, 4) is 0 Å². The summed E-state index contributed by atoms with van der Waals surface area (Å²) in [5.74, 6) is -1.30. The van der Waals surface area contributed by atoms with Crippen LogP contribution in [0.25, 0.3) is 0 Å². The summed E-state index contributed by atoms with van der Waals surface area (Å²) in [6, 6.07) is 3.05. The SMILES string of the molecule is Nc1ccc(C(=O)O)cc1S(=O)(=O)O.[NaH]. The summed E-state index contributed by atoms with van der Waals surface area (Å²) in [5.41, 5.74) is 4.79. The molecule has 1 rings (SSSR count). The summed E-state index contributed by atoms with van der Waals surface area (Å²) in [4.78, 5) is 9.87. The number of rotatable bonds is 2. The molecular weight excluding hydrogens is 233 g/mol. The van der Waals surface area contributed by atoms with Crippen molar-refractivity contribution in [1.29, 1.82) is 0 Å². The molecule has 0 bridgehead atoms. The first kappa shape index (κ1) is 14.4. The molecule has 78 valence electrons. The Morgan fingerprint density at radius 1 is 1.33 bits per heavy atom. The Morgan fingerprint density at radius 3 is 2.27 bits per heavy atom. The molecule has 8 heteroatoms. The van der Waals surface area contributed by atoms with Crippen molar-refractivity contribution in [2.24, 2.45) is 0 Å². The van der Waals surface area contributed by atoms with Crippen molar-refractivity contribution in [2.75, 3.05) is 5.73 Å².